The molecular formula is C26H23N7O. The molecule has 1 aromatic carbocycles. The molecule has 0 saturated heterocycles. The molecule has 0 atom stereocenters. The molecule has 0 fully saturated rings. The van der Waals surface area contributed by atoms with Crippen LogP contribution in [-0.2, 0) is 13.6 Å². The zero-order valence-corrected chi connectivity index (χ0v) is 18.9. The van der Waals surface area contributed by atoms with E-state index in [1.165, 1.54) is 0 Å². The summed E-state index contributed by atoms with van der Waals surface area (Å²) in [7, 11) is 1.93. The predicted octanol–water partition coefficient (Wildman–Crippen LogP) is 3.91. The fourth-order valence-corrected chi connectivity index (χ4v) is 3.84. The zero-order chi connectivity index (χ0) is 23.7. The fraction of sp³-hybridized carbons (Fsp3) is 0.115. The average molecular weight is 450 g/mol. The highest BCUT2D eigenvalue weighted by atomic mass is 16.1. The van der Waals surface area contributed by atoms with Crippen molar-refractivity contribution in [3.8, 4) is 22.5 Å². The maximum Gasteiger partial charge on any atom is 0.274 e. The maximum absolute atomic E-state index is 13.0. The monoisotopic (exact) mass is 449 g/mol. The van der Waals surface area contributed by atoms with Crippen molar-refractivity contribution in [2.45, 2.75) is 13.5 Å². The molecule has 0 saturated carbocycles. The van der Waals surface area contributed by atoms with Crippen LogP contribution in [0.25, 0.3) is 33.4 Å². The van der Waals surface area contributed by atoms with E-state index in [0.29, 0.717) is 11.4 Å². The first-order valence-corrected chi connectivity index (χ1v) is 10.8. The molecule has 1 amide bonds. The molecule has 0 aliphatic carbocycles. The lowest BCUT2D eigenvalue weighted by Gasteiger charge is -2.13. The Balaban J connectivity index is 1.57. The molecule has 8 heteroatoms. The number of aryl methyl sites for hydroxylation is 2. The molecule has 0 aliphatic heterocycles. The number of nitrogens with one attached hydrogen (secondary N) is 1. The first kappa shape index (κ1) is 21.3. The normalized spacial score (nSPS) is 11.0. The van der Waals surface area contributed by atoms with Gasteiger partial charge in [-0.3, -0.25) is 14.8 Å². The summed E-state index contributed by atoms with van der Waals surface area (Å²) in [5.41, 5.74) is 11.7. The zero-order valence-electron chi connectivity index (χ0n) is 18.9. The second-order valence-electron chi connectivity index (χ2n) is 8.08. The van der Waals surface area contributed by atoms with Crippen LogP contribution in [0.1, 0.15) is 21.9 Å². The van der Waals surface area contributed by atoms with Gasteiger partial charge in [0.05, 0.1) is 23.4 Å². The number of hydrogen-bond acceptors (Lipinski definition) is 6. The van der Waals surface area contributed by atoms with Gasteiger partial charge < -0.3 is 15.6 Å². The second kappa shape index (κ2) is 8.74. The number of carbonyl (C=O) groups excluding carboxylic acids is 1. The number of nitrogen functional groups attached to an aromatic ring is 1. The molecule has 0 spiro atoms. The van der Waals surface area contributed by atoms with Crippen molar-refractivity contribution in [2.75, 3.05) is 5.73 Å². The summed E-state index contributed by atoms with van der Waals surface area (Å²) in [5, 5.41) is 3.82. The summed E-state index contributed by atoms with van der Waals surface area (Å²) in [5.74, 6) is -0.337. The minimum atomic E-state index is -0.406. The highest BCUT2D eigenvalue weighted by Gasteiger charge is 2.20. The Bertz CT molecular complexity index is 1520. The van der Waals surface area contributed by atoms with Crippen LogP contribution in [0, 0.1) is 6.92 Å². The Morgan fingerprint density at radius 1 is 1.00 bits per heavy atom. The SMILES string of the molecule is Cc1cccc(CNC(=O)c2nc(-c3ccc4ncccc4c3)c(-c3ccn(C)c3)nc2N)n1. The lowest BCUT2D eigenvalue weighted by Crippen LogP contribution is -2.26. The lowest BCUT2D eigenvalue weighted by molar-refractivity contribution is 0.0946. The number of pyridine rings is 2. The van der Waals surface area contributed by atoms with E-state index < -0.39 is 5.91 Å². The molecule has 8 nitrogen and oxygen atoms in total. The van der Waals surface area contributed by atoms with Crippen LogP contribution in [0.15, 0.2) is 73.2 Å². The van der Waals surface area contributed by atoms with E-state index in [-0.39, 0.29) is 18.1 Å². The minimum absolute atomic E-state index is 0.0692. The van der Waals surface area contributed by atoms with Gasteiger partial charge in [0.2, 0.25) is 0 Å². The molecule has 0 radical (unpaired) electrons. The molecule has 5 aromatic rings. The Hall–Kier alpha value is -4.59. The Labute approximate surface area is 196 Å². The number of anilines is 1. The molecule has 4 aromatic heterocycles. The third-order valence-electron chi connectivity index (χ3n) is 5.50. The van der Waals surface area contributed by atoms with E-state index in [1.54, 1.807) is 6.20 Å². The van der Waals surface area contributed by atoms with Gasteiger partial charge in [0.25, 0.3) is 5.91 Å². The summed E-state index contributed by atoms with van der Waals surface area (Å²) in [4.78, 5) is 31.2. The number of hydrogen-bond donors (Lipinski definition) is 2. The molecule has 0 unspecified atom stereocenters. The van der Waals surface area contributed by atoms with Gasteiger partial charge >= 0.3 is 0 Å². The summed E-state index contributed by atoms with van der Waals surface area (Å²) >= 11 is 0. The topological polar surface area (TPSA) is 112 Å². The van der Waals surface area contributed by atoms with Crippen molar-refractivity contribution in [3.63, 3.8) is 0 Å². The van der Waals surface area contributed by atoms with Crippen LogP contribution < -0.4 is 11.1 Å². The number of aromatic nitrogens is 5. The Morgan fingerprint density at radius 2 is 1.85 bits per heavy atom. The van der Waals surface area contributed by atoms with Crippen LogP contribution >= 0.6 is 0 Å². The molecule has 0 aliphatic rings. The fourth-order valence-electron chi connectivity index (χ4n) is 3.84. The van der Waals surface area contributed by atoms with Crippen molar-refractivity contribution in [1.29, 1.82) is 0 Å². The van der Waals surface area contributed by atoms with Crippen molar-refractivity contribution in [2.24, 2.45) is 7.05 Å². The Kier molecular flexibility index (Phi) is 5.47. The van der Waals surface area contributed by atoms with Gasteiger partial charge in [-0.15, -0.1) is 0 Å². The molecule has 5 rings (SSSR count). The van der Waals surface area contributed by atoms with Gasteiger partial charge in [0.1, 0.15) is 5.69 Å². The van der Waals surface area contributed by atoms with Gasteiger partial charge in [-0.25, -0.2) is 9.97 Å². The van der Waals surface area contributed by atoms with Crippen molar-refractivity contribution in [1.82, 2.24) is 29.8 Å². The average Bonchev–Trinajstić information content (AvgIpc) is 3.28. The summed E-state index contributed by atoms with van der Waals surface area (Å²) < 4.78 is 1.93. The van der Waals surface area contributed by atoms with E-state index in [0.717, 1.165) is 33.4 Å². The predicted molar refractivity (Wildman–Crippen MR) is 132 cm³/mol. The quantitative estimate of drug-likeness (QED) is 0.421. The first-order chi connectivity index (χ1) is 16.5. The first-order valence-electron chi connectivity index (χ1n) is 10.8. The third-order valence-corrected chi connectivity index (χ3v) is 5.50. The third kappa shape index (κ3) is 4.21. The van der Waals surface area contributed by atoms with Crippen LogP contribution in [-0.4, -0.2) is 30.4 Å². The van der Waals surface area contributed by atoms with E-state index in [1.807, 2.05) is 85.5 Å². The molecular weight excluding hydrogens is 426 g/mol. The van der Waals surface area contributed by atoms with Crippen LogP contribution in [0.5, 0.6) is 0 Å². The number of fused-ring (bicyclic) bond motifs is 1. The van der Waals surface area contributed by atoms with Crippen molar-refractivity contribution in [3.05, 3.63) is 90.3 Å². The molecule has 4 heterocycles. The van der Waals surface area contributed by atoms with Gasteiger partial charge in [0, 0.05) is 47.8 Å². The smallest absolute Gasteiger partial charge is 0.274 e. The second-order valence-corrected chi connectivity index (χ2v) is 8.08. The standard InChI is InChI=1S/C26H23N7O/c1-16-5-3-7-20(30-16)14-29-26(34)24-25(27)32-23(19-10-12-33(2)15-19)22(31-24)18-8-9-21-17(13-18)6-4-11-28-21/h3-13,15H,14H2,1-2H3,(H2,27,32)(H,29,34). The van der Waals surface area contributed by atoms with E-state index in [4.69, 9.17) is 10.7 Å². The number of rotatable bonds is 5. The minimum Gasteiger partial charge on any atom is -0.382 e. The van der Waals surface area contributed by atoms with E-state index in [9.17, 15) is 4.79 Å². The number of nitrogens with two attached hydrogens (primary N) is 1. The van der Waals surface area contributed by atoms with E-state index in [2.05, 4.69) is 20.3 Å². The van der Waals surface area contributed by atoms with Gasteiger partial charge in [-0.05, 0) is 43.3 Å². The number of amides is 1. The highest BCUT2D eigenvalue weighted by Crippen LogP contribution is 2.32. The number of benzene rings is 1. The molecule has 3 N–H and O–H groups in total. The number of nitrogens with zero attached hydrogens (tertiary/aromatic N) is 5. The van der Waals surface area contributed by atoms with Gasteiger partial charge in [0.15, 0.2) is 11.5 Å². The maximum atomic E-state index is 13.0. The van der Waals surface area contributed by atoms with Crippen molar-refractivity contribution < 1.29 is 4.79 Å². The lowest BCUT2D eigenvalue weighted by atomic mass is 10.0. The number of carbonyl (C=O) groups is 1. The largest absolute Gasteiger partial charge is 0.382 e. The summed E-state index contributed by atoms with van der Waals surface area (Å²) in [6.45, 7) is 2.17. The molecule has 34 heavy (non-hydrogen) atoms. The Morgan fingerprint density at radius 3 is 2.65 bits per heavy atom. The van der Waals surface area contributed by atoms with E-state index >= 15 is 0 Å². The van der Waals surface area contributed by atoms with Crippen molar-refractivity contribution >= 4 is 22.6 Å². The highest BCUT2D eigenvalue weighted by molar-refractivity contribution is 5.98. The van der Waals surface area contributed by atoms with Gasteiger partial charge in [-0.2, -0.15) is 0 Å². The van der Waals surface area contributed by atoms with Gasteiger partial charge in [-0.1, -0.05) is 18.2 Å². The summed E-state index contributed by atoms with van der Waals surface area (Å²) in [6.07, 6.45) is 5.63. The van der Waals surface area contributed by atoms with Crippen LogP contribution in [0.4, 0.5) is 5.82 Å². The molecule has 168 valence electrons. The van der Waals surface area contributed by atoms with Crippen LogP contribution in [0.3, 0.4) is 0 Å². The molecule has 0 bridgehead atoms. The van der Waals surface area contributed by atoms with Crippen LogP contribution in [0.2, 0.25) is 0 Å². The summed E-state index contributed by atoms with van der Waals surface area (Å²) in [6, 6.07) is 17.3.